The van der Waals surface area contributed by atoms with E-state index in [0.717, 1.165) is 5.01 Å². The predicted molar refractivity (Wildman–Crippen MR) is 76.4 cm³/mol. The van der Waals surface area contributed by atoms with Gasteiger partial charge in [-0.2, -0.15) is 0 Å². The lowest BCUT2D eigenvalue weighted by Gasteiger charge is -2.28. The molecule has 0 N–H and O–H groups in total. The first-order chi connectivity index (χ1) is 9.60. The summed E-state index contributed by atoms with van der Waals surface area (Å²) in [6, 6.07) is 0. The molecule has 0 fully saturated rings. The molecule has 0 aromatic carbocycles. The van der Waals surface area contributed by atoms with Crippen LogP contribution in [0.25, 0.3) is 0 Å². The summed E-state index contributed by atoms with van der Waals surface area (Å²) < 4.78 is 10.2. The van der Waals surface area contributed by atoms with Gasteiger partial charge < -0.3 is 9.47 Å². The predicted octanol–water partition coefficient (Wildman–Crippen LogP) is 2.60. The number of hydrogen-bond acceptors (Lipinski definition) is 6. The van der Waals surface area contributed by atoms with Crippen molar-refractivity contribution in [3.05, 3.63) is 16.6 Å². The molecular weight excluding hydrogens is 278 g/mol. The summed E-state index contributed by atoms with van der Waals surface area (Å²) in [7, 11) is 0. The minimum atomic E-state index is -1.28. The minimum Gasteiger partial charge on any atom is -0.465 e. The number of ether oxygens (including phenoxy) is 2. The van der Waals surface area contributed by atoms with Gasteiger partial charge in [0.2, 0.25) is 0 Å². The lowest BCUT2D eigenvalue weighted by molar-refractivity contribution is -0.172. The topological polar surface area (TPSA) is 65.5 Å². The number of carbonyl (C=O) groups is 2. The van der Waals surface area contributed by atoms with E-state index in [1.165, 1.54) is 11.3 Å². The van der Waals surface area contributed by atoms with Crippen molar-refractivity contribution in [2.24, 2.45) is 5.41 Å². The third-order valence-electron chi connectivity index (χ3n) is 2.95. The van der Waals surface area contributed by atoms with Gasteiger partial charge in [-0.1, -0.05) is 13.3 Å². The molecule has 0 bridgehead atoms. The van der Waals surface area contributed by atoms with Gasteiger partial charge in [0, 0.05) is 18.0 Å². The highest BCUT2D eigenvalue weighted by molar-refractivity contribution is 7.09. The van der Waals surface area contributed by atoms with E-state index >= 15 is 0 Å². The summed E-state index contributed by atoms with van der Waals surface area (Å²) in [6.07, 6.45) is 2.97. The van der Waals surface area contributed by atoms with E-state index in [4.69, 9.17) is 9.47 Å². The van der Waals surface area contributed by atoms with E-state index in [2.05, 4.69) is 4.98 Å². The highest BCUT2D eigenvalue weighted by Gasteiger charge is 2.48. The van der Waals surface area contributed by atoms with Crippen LogP contribution in [0.2, 0.25) is 0 Å². The first kappa shape index (κ1) is 16.6. The van der Waals surface area contributed by atoms with Crippen LogP contribution in [0.1, 0.15) is 38.6 Å². The third kappa shape index (κ3) is 3.79. The van der Waals surface area contributed by atoms with Gasteiger partial charge in [0.15, 0.2) is 5.41 Å². The van der Waals surface area contributed by atoms with Crippen LogP contribution in [0, 0.1) is 5.41 Å². The van der Waals surface area contributed by atoms with Crippen molar-refractivity contribution in [2.45, 2.75) is 40.0 Å². The second-order valence-electron chi connectivity index (χ2n) is 4.38. The summed E-state index contributed by atoms with van der Waals surface area (Å²) in [6.45, 7) is 5.85. The highest BCUT2D eigenvalue weighted by atomic mass is 32.1. The Bertz CT molecular complexity index is 412. The van der Waals surface area contributed by atoms with Crippen LogP contribution in [0.3, 0.4) is 0 Å². The van der Waals surface area contributed by atoms with Crippen LogP contribution in [-0.2, 0) is 25.5 Å². The monoisotopic (exact) mass is 299 g/mol. The molecule has 0 atom stereocenters. The molecule has 0 radical (unpaired) electrons. The molecule has 0 aliphatic heterocycles. The average Bonchev–Trinajstić information content (AvgIpc) is 2.91. The molecular formula is C14H21NO4S. The molecule has 1 aromatic rings. The first-order valence-corrected chi connectivity index (χ1v) is 7.71. The van der Waals surface area contributed by atoms with E-state index in [9.17, 15) is 9.59 Å². The van der Waals surface area contributed by atoms with Crippen molar-refractivity contribution in [2.75, 3.05) is 13.2 Å². The van der Waals surface area contributed by atoms with Crippen molar-refractivity contribution in [1.29, 1.82) is 0 Å². The molecule has 0 aliphatic rings. The van der Waals surface area contributed by atoms with Gasteiger partial charge in [-0.05, 0) is 20.3 Å². The second kappa shape index (κ2) is 7.99. The summed E-state index contributed by atoms with van der Waals surface area (Å²) in [5, 5.41) is 2.56. The molecule has 1 heterocycles. The number of esters is 2. The van der Waals surface area contributed by atoms with E-state index in [1.807, 2.05) is 12.3 Å². The minimum absolute atomic E-state index is 0.232. The molecule has 112 valence electrons. The van der Waals surface area contributed by atoms with Gasteiger partial charge in [-0.15, -0.1) is 11.3 Å². The summed E-state index contributed by atoms with van der Waals surface area (Å²) >= 11 is 1.42. The van der Waals surface area contributed by atoms with E-state index in [-0.39, 0.29) is 19.6 Å². The van der Waals surface area contributed by atoms with Gasteiger partial charge in [0.05, 0.1) is 18.2 Å². The fourth-order valence-corrected chi connectivity index (χ4v) is 2.81. The summed E-state index contributed by atoms with van der Waals surface area (Å²) in [4.78, 5) is 28.9. The maximum Gasteiger partial charge on any atom is 0.323 e. The van der Waals surface area contributed by atoms with Crippen molar-refractivity contribution in [3.63, 3.8) is 0 Å². The number of thiazole rings is 1. The molecule has 0 unspecified atom stereocenters. The lowest BCUT2D eigenvalue weighted by atomic mass is 9.80. The van der Waals surface area contributed by atoms with Crippen LogP contribution in [-0.4, -0.2) is 30.1 Å². The molecule has 5 nitrogen and oxygen atoms in total. The molecule has 0 saturated heterocycles. The van der Waals surface area contributed by atoms with E-state index < -0.39 is 17.4 Å². The largest absolute Gasteiger partial charge is 0.465 e. The molecule has 20 heavy (non-hydrogen) atoms. The van der Waals surface area contributed by atoms with Gasteiger partial charge in [-0.3, -0.25) is 9.59 Å². The van der Waals surface area contributed by atoms with Crippen LogP contribution in [0.4, 0.5) is 0 Å². The van der Waals surface area contributed by atoms with Crippen molar-refractivity contribution in [1.82, 2.24) is 4.98 Å². The Morgan fingerprint density at radius 2 is 1.80 bits per heavy atom. The SMILES string of the molecule is CCCC(Cc1nccs1)(C(=O)OCC)C(=O)OCC. The normalized spacial score (nSPS) is 11.2. The molecule has 1 rings (SSSR count). The number of rotatable bonds is 8. The highest BCUT2D eigenvalue weighted by Crippen LogP contribution is 2.33. The maximum absolute atomic E-state index is 12.4. The Kier molecular flexibility index (Phi) is 6.64. The smallest absolute Gasteiger partial charge is 0.323 e. The molecule has 6 heteroatoms. The number of aromatic nitrogens is 1. The van der Waals surface area contributed by atoms with Gasteiger partial charge in [0.25, 0.3) is 0 Å². The van der Waals surface area contributed by atoms with Gasteiger partial charge >= 0.3 is 11.9 Å². The zero-order valence-corrected chi connectivity index (χ0v) is 13.0. The molecule has 0 spiro atoms. The quantitative estimate of drug-likeness (QED) is 0.545. The maximum atomic E-state index is 12.4. The van der Waals surface area contributed by atoms with Crippen LogP contribution >= 0.6 is 11.3 Å². The summed E-state index contributed by atoms with van der Waals surface area (Å²) in [5.41, 5.74) is -1.28. The first-order valence-electron chi connectivity index (χ1n) is 6.83. The van der Waals surface area contributed by atoms with Crippen LogP contribution in [0.15, 0.2) is 11.6 Å². The van der Waals surface area contributed by atoms with Crippen molar-refractivity contribution in [3.8, 4) is 0 Å². The molecule has 0 aliphatic carbocycles. The number of nitrogens with zero attached hydrogens (tertiary/aromatic N) is 1. The van der Waals surface area contributed by atoms with Crippen molar-refractivity contribution < 1.29 is 19.1 Å². The Morgan fingerprint density at radius 3 is 2.20 bits per heavy atom. The Hall–Kier alpha value is -1.43. The Morgan fingerprint density at radius 1 is 1.20 bits per heavy atom. The zero-order valence-electron chi connectivity index (χ0n) is 12.2. The number of hydrogen-bond donors (Lipinski definition) is 0. The average molecular weight is 299 g/mol. The molecule has 1 aromatic heterocycles. The Balaban J connectivity index is 3.10. The Labute approximate surface area is 123 Å². The number of carbonyl (C=O) groups excluding carboxylic acids is 2. The molecule has 0 amide bonds. The van der Waals surface area contributed by atoms with Crippen molar-refractivity contribution >= 4 is 23.3 Å². The van der Waals surface area contributed by atoms with Crippen LogP contribution in [0.5, 0.6) is 0 Å². The van der Waals surface area contributed by atoms with E-state index in [0.29, 0.717) is 12.8 Å². The van der Waals surface area contributed by atoms with Crippen LogP contribution < -0.4 is 0 Å². The second-order valence-corrected chi connectivity index (χ2v) is 5.35. The van der Waals surface area contributed by atoms with Gasteiger partial charge in [0.1, 0.15) is 0 Å². The lowest BCUT2D eigenvalue weighted by Crippen LogP contribution is -2.44. The summed E-state index contributed by atoms with van der Waals surface area (Å²) in [5.74, 6) is -1.04. The third-order valence-corrected chi connectivity index (χ3v) is 3.73. The zero-order chi connectivity index (χ0) is 15.0. The fraction of sp³-hybridized carbons (Fsp3) is 0.643. The van der Waals surface area contributed by atoms with Gasteiger partial charge in [-0.25, -0.2) is 4.98 Å². The van der Waals surface area contributed by atoms with E-state index in [1.54, 1.807) is 20.0 Å². The fourth-order valence-electron chi connectivity index (χ4n) is 2.08. The standard InChI is InChI=1S/C14H21NO4S/c1-4-7-14(12(16)18-5-2,13(17)19-6-3)10-11-15-8-9-20-11/h8-9H,4-7,10H2,1-3H3. The molecule has 0 saturated carbocycles.